The number of hydrogen-bond acceptors (Lipinski definition) is 3. The molecule has 3 amide bonds. The number of alkyl halides is 2. The molecule has 0 aromatic heterocycles. The zero-order valence-electron chi connectivity index (χ0n) is 16.9. The number of rotatable bonds is 4. The third-order valence-corrected chi connectivity index (χ3v) is 10.9. The normalized spacial score (nSPS) is 30.2. The Hall–Kier alpha value is -1.12. The molecule has 10 heteroatoms. The van der Waals surface area contributed by atoms with Crippen LogP contribution >= 0.6 is 66.7 Å². The molecule has 1 aliphatic heterocycles. The molecule has 1 saturated heterocycles. The first kappa shape index (κ1) is 23.6. The van der Waals surface area contributed by atoms with E-state index in [0.29, 0.717) is 26.2 Å². The lowest BCUT2D eigenvalue weighted by molar-refractivity contribution is -0.156. The Kier molecular flexibility index (Phi) is 6.32. The van der Waals surface area contributed by atoms with E-state index in [4.69, 9.17) is 34.8 Å². The molecule has 0 unspecified atom stereocenters. The van der Waals surface area contributed by atoms with E-state index < -0.39 is 17.7 Å². The molecular formula is C23H17Br2Cl3N2O3. The minimum atomic E-state index is -0.488. The number of nitrogens with zero attached hydrogens (tertiary/aromatic N) is 2. The first-order valence-corrected chi connectivity index (χ1v) is 13.3. The van der Waals surface area contributed by atoms with Gasteiger partial charge in [0.15, 0.2) is 0 Å². The maximum absolute atomic E-state index is 13.6. The highest BCUT2D eigenvalue weighted by atomic mass is 79.9. The molecule has 2 saturated carbocycles. The second kappa shape index (κ2) is 8.83. The number of hydrazine groups is 1. The van der Waals surface area contributed by atoms with Crippen LogP contribution in [0.25, 0.3) is 0 Å². The molecule has 2 bridgehead atoms. The summed E-state index contributed by atoms with van der Waals surface area (Å²) in [5.74, 6) is -1.97. The Bertz CT molecular complexity index is 1130. The molecule has 5 rings (SSSR count). The summed E-state index contributed by atoms with van der Waals surface area (Å²) in [5, 5.41) is 3.52. The number of halogens is 5. The molecule has 172 valence electrons. The van der Waals surface area contributed by atoms with Crippen molar-refractivity contribution in [2.24, 2.45) is 23.7 Å². The van der Waals surface area contributed by atoms with Crippen molar-refractivity contribution in [3.8, 4) is 0 Å². The largest absolute Gasteiger partial charge is 0.273 e. The Balaban J connectivity index is 1.54. The molecule has 6 atom stereocenters. The molecule has 0 spiro atoms. The number of amides is 3. The van der Waals surface area contributed by atoms with Crippen molar-refractivity contribution in [1.82, 2.24) is 10.0 Å². The molecule has 2 aromatic carbocycles. The number of carbonyl (C=O) groups is 3. The van der Waals surface area contributed by atoms with E-state index in [1.54, 1.807) is 42.5 Å². The zero-order valence-corrected chi connectivity index (χ0v) is 22.4. The van der Waals surface area contributed by atoms with Gasteiger partial charge in [-0.3, -0.25) is 14.4 Å². The second-order valence-corrected chi connectivity index (χ2v) is 12.0. The lowest BCUT2D eigenvalue weighted by Crippen LogP contribution is -2.50. The van der Waals surface area contributed by atoms with Crippen LogP contribution < -0.4 is 0 Å². The maximum Gasteiger partial charge on any atom is 0.273 e. The van der Waals surface area contributed by atoms with E-state index in [1.165, 1.54) is 5.01 Å². The number of fused-ring (bicyclic) bond motifs is 5. The Morgan fingerprint density at radius 3 is 2.00 bits per heavy atom. The van der Waals surface area contributed by atoms with Crippen LogP contribution in [0, 0.1) is 23.7 Å². The van der Waals surface area contributed by atoms with Crippen molar-refractivity contribution in [3.63, 3.8) is 0 Å². The summed E-state index contributed by atoms with van der Waals surface area (Å²) >= 11 is 25.8. The summed E-state index contributed by atoms with van der Waals surface area (Å²) < 4.78 is 0. The minimum Gasteiger partial charge on any atom is -0.272 e. The summed E-state index contributed by atoms with van der Waals surface area (Å²) in [5.41, 5.74) is 0.877. The lowest BCUT2D eigenvalue weighted by Gasteiger charge is -2.31. The van der Waals surface area contributed by atoms with E-state index in [2.05, 4.69) is 31.9 Å². The fraction of sp³-hybridized carbons (Fsp3) is 0.348. The van der Waals surface area contributed by atoms with Crippen LogP contribution in [0.3, 0.4) is 0 Å². The molecule has 3 fully saturated rings. The van der Waals surface area contributed by atoms with Crippen molar-refractivity contribution in [2.45, 2.75) is 22.6 Å². The lowest BCUT2D eigenvalue weighted by atomic mass is 9.81. The molecular weight excluding hydrogens is 618 g/mol. The van der Waals surface area contributed by atoms with Gasteiger partial charge in [-0.25, -0.2) is 5.01 Å². The summed E-state index contributed by atoms with van der Waals surface area (Å²) in [4.78, 5) is 41.0. The van der Waals surface area contributed by atoms with Gasteiger partial charge >= 0.3 is 0 Å². The van der Waals surface area contributed by atoms with E-state index in [1.807, 2.05) is 0 Å². The van der Waals surface area contributed by atoms with Crippen LogP contribution in [0.15, 0.2) is 42.5 Å². The monoisotopic (exact) mass is 632 g/mol. The molecule has 0 N–H and O–H groups in total. The number of carbonyl (C=O) groups excluding carboxylic acids is 3. The Morgan fingerprint density at radius 1 is 0.909 bits per heavy atom. The SMILES string of the molecule is O=C(c1ccc(Cl)cc1)N(Cc1ccc(Cl)cc1Cl)N1C(=O)[C@@H]2[C@H]3C[C@@H]([C@H](Br)[C@H]3Br)[C@@H]2C1=O. The first-order valence-electron chi connectivity index (χ1n) is 10.4. The van der Waals surface area contributed by atoms with Gasteiger partial charge in [0.1, 0.15) is 0 Å². The van der Waals surface area contributed by atoms with E-state index in [-0.39, 0.29) is 39.8 Å². The average Bonchev–Trinajstić information content (AvgIpc) is 3.39. The van der Waals surface area contributed by atoms with Crippen LogP contribution in [0.4, 0.5) is 0 Å². The van der Waals surface area contributed by atoms with Crippen LogP contribution in [0.1, 0.15) is 22.3 Å². The van der Waals surface area contributed by atoms with Gasteiger partial charge in [-0.1, -0.05) is 72.7 Å². The highest BCUT2D eigenvalue weighted by molar-refractivity contribution is 9.12. The number of imide groups is 1. The van der Waals surface area contributed by atoms with Gasteiger partial charge in [-0.2, -0.15) is 5.01 Å². The molecule has 2 aromatic rings. The van der Waals surface area contributed by atoms with Crippen molar-refractivity contribution in [2.75, 3.05) is 0 Å². The van der Waals surface area contributed by atoms with Gasteiger partial charge < -0.3 is 0 Å². The summed E-state index contributed by atoms with van der Waals surface area (Å²) in [6.45, 7) is -0.0564. The van der Waals surface area contributed by atoms with Crippen molar-refractivity contribution in [3.05, 3.63) is 68.7 Å². The van der Waals surface area contributed by atoms with Crippen molar-refractivity contribution in [1.29, 1.82) is 0 Å². The summed E-state index contributed by atoms with van der Waals surface area (Å²) in [7, 11) is 0. The van der Waals surface area contributed by atoms with Gasteiger partial charge in [0.05, 0.1) is 18.4 Å². The van der Waals surface area contributed by atoms with Gasteiger partial charge in [0.2, 0.25) is 0 Å². The summed E-state index contributed by atoms with van der Waals surface area (Å²) in [6.07, 6.45) is 0.806. The Morgan fingerprint density at radius 2 is 1.45 bits per heavy atom. The second-order valence-electron chi connectivity index (χ2n) is 8.60. The summed E-state index contributed by atoms with van der Waals surface area (Å²) in [6, 6.07) is 11.2. The van der Waals surface area contributed by atoms with Gasteiger partial charge in [-0.05, 0) is 60.2 Å². The van der Waals surface area contributed by atoms with E-state index in [0.717, 1.165) is 11.4 Å². The molecule has 2 aliphatic carbocycles. The molecule has 33 heavy (non-hydrogen) atoms. The fourth-order valence-corrected chi connectivity index (χ4v) is 7.82. The first-order chi connectivity index (χ1) is 15.7. The topological polar surface area (TPSA) is 57.7 Å². The average molecular weight is 636 g/mol. The third kappa shape index (κ3) is 3.84. The zero-order chi connectivity index (χ0) is 23.6. The smallest absolute Gasteiger partial charge is 0.272 e. The quantitative estimate of drug-likeness (QED) is 0.307. The molecule has 5 nitrogen and oxygen atoms in total. The predicted molar refractivity (Wildman–Crippen MR) is 134 cm³/mol. The van der Waals surface area contributed by atoms with Gasteiger partial charge in [0, 0.05) is 30.3 Å². The highest BCUT2D eigenvalue weighted by Gasteiger charge is 2.67. The minimum absolute atomic E-state index is 0.0393. The molecule has 1 heterocycles. The standard InChI is InChI=1S/C23H17Br2Cl3N2O3/c24-19-14-8-15(20(19)25)18-17(14)22(32)30(23(18)33)29(9-11-3-6-13(27)7-16(11)28)21(31)10-1-4-12(26)5-2-10/h1-7,14-15,17-20H,8-9H2/t14-,15-,17-,18+,19+,20+/m1/s1. The Labute approximate surface area is 222 Å². The molecule has 3 aliphatic rings. The third-order valence-electron chi connectivity index (χ3n) is 6.87. The van der Waals surface area contributed by atoms with Crippen molar-refractivity contribution >= 4 is 84.4 Å². The number of benzene rings is 2. The van der Waals surface area contributed by atoms with E-state index >= 15 is 0 Å². The van der Waals surface area contributed by atoms with Gasteiger partial charge in [0.25, 0.3) is 17.7 Å². The van der Waals surface area contributed by atoms with Crippen LogP contribution in [-0.4, -0.2) is 37.4 Å². The fourth-order valence-electron chi connectivity index (χ4n) is 5.36. The number of hydrogen-bond donors (Lipinski definition) is 0. The van der Waals surface area contributed by atoms with Crippen LogP contribution in [-0.2, 0) is 16.1 Å². The van der Waals surface area contributed by atoms with E-state index in [9.17, 15) is 14.4 Å². The van der Waals surface area contributed by atoms with Crippen LogP contribution in [0.2, 0.25) is 15.1 Å². The van der Waals surface area contributed by atoms with Gasteiger partial charge in [-0.15, -0.1) is 0 Å². The van der Waals surface area contributed by atoms with Crippen LogP contribution in [0.5, 0.6) is 0 Å². The predicted octanol–water partition coefficient (Wildman–Crippen LogP) is 5.98. The van der Waals surface area contributed by atoms with Crippen molar-refractivity contribution < 1.29 is 14.4 Å². The highest BCUT2D eigenvalue weighted by Crippen LogP contribution is 2.60. The molecule has 0 radical (unpaired) electrons. The maximum atomic E-state index is 13.6.